The molecule has 7 nitrogen and oxygen atoms in total. The van der Waals surface area contributed by atoms with Gasteiger partial charge in [-0.15, -0.1) is 0 Å². The normalized spacial score (nSPS) is 24.3. The zero-order chi connectivity index (χ0) is 21.0. The van der Waals surface area contributed by atoms with Crippen molar-refractivity contribution >= 4 is 23.5 Å². The summed E-state index contributed by atoms with van der Waals surface area (Å²) in [5, 5.41) is 2.98. The SMILES string of the molecule is COC(=O)C1CCCCC1CNC(=O)C1CC(=O)N(c2cc(C)ccc2OC)C1. The molecular formula is C22H30N2O5. The van der Waals surface area contributed by atoms with Crippen molar-refractivity contribution in [3.63, 3.8) is 0 Å². The van der Waals surface area contributed by atoms with Gasteiger partial charge < -0.3 is 19.7 Å². The molecule has 1 saturated heterocycles. The third kappa shape index (κ3) is 4.71. The van der Waals surface area contributed by atoms with Gasteiger partial charge in [0.05, 0.1) is 31.7 Å². The molecule has 2 aliphatic rings. The minimum atomic E-state index is -0.409. The van der Waals surface area contributed by atoms with Crippen molar-refractivity contribution in [3.05, 3.63) is 23.8 Å². The fourth-order valence-electron chi connectivity index (χ4n) is 4.42. The molecule has 0 spiro atoms. The number of hydrogen-bond donors (Lipinski definition) is 1. The Balaban J connectivity index is 1.62. The Morgan fingerprint density at radius 1 is 1.21 bits per heavy atom. The molecule has 0 radical (unpaired) electrons. The van der Waals surface area contributed by atoms with E-state index in [2.05, 4.69) is 5.32 Å². The van der Waals surface area contributed by atoms with Gasteiger partial charge in [0.15, 0.2) is 0 Å². The molecule has 2 amide bonds. The summed E-state index contributed by atoms with van der Waals surface area (Å²) in [5.74, 6) is -0.280. The summed E-state index contributed by atoms with van der Waals surface area (Å²) in [6, 6.07) is 5.66. The lowest BCUT2D eigenvalue weighted by atomic mass is 9.79. The van der Waals surface area contributed by atoms with Gasteiger partial charge in [-0.25, -0.2) is 0 Å². The summed E-state index contributed by atoms with van der Waals surface area (Å²) in [6.45, 7) is 2.72. The van der Waals surface area contributed by atoms with Crippen LogP contribution in [0.4, 0.5) is 5.69 Å². The number of ether oxygens (including phenoxy) is 2. The molecule has 1 N–H and O–H groups in total. The number of nitrogens with zero attached hydrogens (tertiary/aromatic N) is 1. The van der Waals surface area contributed by atoms with Gasteiger partial charge in [-0.1, -0.05) is 18.9 Å². The lowest BCUT2D eigenvalue weighted by molar-refractivity contribution is -0.148. The largest absolute Gasteiger partial charge is 0.495 e. The summed E-state index contributed by atoms with van der Waals surface area (Å²) in [4.78, 5) is 39.0. The van der Waals surface area contributed by atoms with Crippen LogP contribution >= 0.6 is 0 Å². The highest BCUT2D eigenvalue weighted by Crippen LogP contribution is 2.34. The molecule has 1 heterocycles. The molecule has 1 aliphatic carbocycles. The molecule has 1 aliphatic heterocycles. The summed E-state index contributed by atoms with van der Waals surface area (Å²) in [7, 11) is 2.98. The molecular weight excluding hydrogens is 372 g/mol. The summed E-state index contributed by atoms with van der Waals surface area (Å²) in [5.41, 5.74) is 1.72. The summed E-state index contributed by atoms with van der Waals surface area (Å²) >= 11 is 0. The van der Waals surface area contributed by atoms with Gasteiger partial charge in [-0.05, 0) is 43.4 Å². The van der Waals surface area contributed by atoms with Crippen molar-refractivity contribution in [3.8, 4) is 5.75 Å². The van der Waals surface area contributed by atoms with E-state index < -0.39 is 5.92 Å². The van der Waals surface area contributed by atoms with Crippen LogP contribution in [0.15, 0.2) is 18.2 Å². The monoisotopic (exact) mass is 402 g/mol. The Labute approximate surface area is 171 Å². The third-order valence-electron chi connectivity index (χ3n) is 6.07. The van der Waals surface area contributed by atoms with Crippen LogP contribution < -0.4 is 15.0 Å². The number of aryl methyl sites for hydroxylation is 1. The van der Waals surface area contributed by atoms with Crippen LogP contribution in [0.1, 0.15) is 37.7 Å². The zero-order valence-corrected chi connectivity index (χ0v) is 17.4. The first-order chi connectivity index (χ1) is 13.9. The number of nitrogens with one attached hydrogen (secondary N) is 1. The van der Waals surface area contributed by atoms with Gasteiger partial charge in [0, 0.05) is 19.5 Å². The highest BCUT2D eigenvalue weighted by Gasteiger charge is 2.37. The highest BCUT2D eigenvalue weighted by atomic mass is 16.5. The quantitative estimate of drug-likeness (QED) is 0.739. The van der Waals surface area contributed by atoms with Crippen molar-refractivity contribution in [2.24, 2.45) is 17.8 Å². The van der Waals surface area contributed by atoms with Gasteiger partial charge >= 0.3 is 5.97 Å². The Bertz CT molecular complexity index is 778. The van der Waals surface area contributed by atoms with Crippen LogP contribution in [-0.4, -0.2) is 45.1 Å². The number of benzene rings is 1. The van der Waals surface area contributed by atoms with Crippen molar-refractivity contribution in [1.29, 1.82) is 0 Å². The molecule has 1 aromatic carbocycles. The van der Waals surface area contributed by atoms with Gasteiger partial charge in [-0.2, -0.15) is 0 Å². The number of esters is 1. The summed E-state index contributed by atoms with van der Waals surface area (Å²) < 4.78 is 10.3. The fraction of sp³-hybridized carbons (Fsp3) is 0.591. The molecule has 0 bridgehead atoms. The van der Waals surface area contributed by atoms with Gasteiger partial charge in [0.1, 0.15) is 5.75 Å². The van der Waals surface area contributed by atoms with Crippen LogP contribution in [0.25, 0.3) is 0 Å². The Morgan fingerprint density at radius 2 is 1.97 bits per heavy atom. The third-order valence-corrected chi connectivity index (χ3v) is 6.07. The predicted molar refractivity (Wildman–Crippen MR) is 109 cm³/mol. The number of carbonyl (C=O) groups excluding carboxylic acids is 3. The lowest BCUT2D eigenvalue weighted by Crippen LogP contribution is -2.40. The second-order valence-electron chi connectivity index (χ2n) is 8.00. The first-order valence-corrected chi connectivity index (χ1v) is 10.2. The van der Waals surface area contributed by atoms with Crippen LogP contribution in [0.3, 0.4) is 0 Å². The molecule has 1 saturated carbocycles. The maximum atomic E-state index is 12.7. The highest BCUT2D eigenvalue weighted by molar-refractivity contribution is 6.01. The fourth-order valence-corrected chi connectivity index (χ4v) is 4.42. The minimum absolute atomic E-state index is 0.0841. The molecule has 29 heavy (non-hydrogen) atoms. The molecule has 3 rings (SSSR count). The molecule has 0 aromatic heterocycles. The zero-order valence-electron chi connectivity index (χ0n) is 17.4. The van der Waals surface area contributed by atoms with E-state index in [-0.39, 0.29) is 36.0 Å². The topological polar surface area (TPSA) is 84.9 Å². The first-order valence-electron chi connectivity index (χ1n) is 10.2. The van der Waals surface area contributed by atoms with E-state index in [1.807, 2.05) is 25.1 Å². The van der Waals surface area contributed by atoms with Gasteiger partial charge in [-0.3, -0.25) is 14.4 Å². The minimum Gasteiger partial charge on any atom is -0.495 e. The van der Waals surface area contributed by atoms with Crippen molar-refractivity contribution < 1.29 is 23.9 Å². The molecule has 3 unspecified atom stereocenters. The summed E-state index contributed by atoms with van der Waals surface area (Å²) in [6.07, 6.45) is 3.94. The molecule has 7 heteroatoms. The average Bonchev–Trinajstić information content (AvgIpc) is 3.13. The van der Waals surface area contributed by atoms with Crippen LogP contribution in [0.2, 0.25) is 0 Å². The number of anilines is 1. The number of carbonyl (C=O) groups is 3. The molecule has 3 atom stereocenters. The van der Waals surface area contributed by atoms with E-state index in [1.165, 1.54) is 7.11 Å². The smallest absolute Gasteiger partial charge is 0.309 e. The second-order valence-corrected chi connectivity index (χ2v) is 8.00. The van der Waals surface area contributed by atoms with E-state index in [1.54, 1.807) is 12.0 Å². The number of methoxy groups -OCH3 is 2. The average molecular weight is 402 g/mol. The lowest BCUT2D eigenvalue weighted by Gasteiger charge is -2.29. The van der Waals surface area contributed by atoms with E-state index in [9.17, 15) is 14.4 Å². The predicted octanol–water partition coefficient (Wildman–Crippen LogP) is 2.45. The first kappa shape index (κ1) is 21.1. The Hall–Kier alpha value is -2.57. The van der Waals surface area contributed by atoms with Gasteiger partial charge in [0.25, 0.3) is 0 Å². The van der Waals surface area contributed by atoms with Gasteiger partial charge in [0.2, 0.25) is 11.8 Å². The standard InChI is InChI=1S/C22H30N2O5/c1-14-8-9-19(28-2)18(10-14)24-13-16(11-20(24)25)21(26)23-12-15-6-4-5-7-17(15)22(27)29-3/h8-10,15-17H,4-7,11-13H2,1-3H3,(H,23,26). The van der Waals surface area contributed by atoms with Crippen LogP contribution in [0, 0.1) is 24.7 Å². The molecule has 2 fully saturated rings. The van der Waals surface area contributed by atoms with E-state index >= 15 is 0 Å². The Kier molecular flexibility index (Phi) is 6.77. The second kappa shape index (κ2) is 9.29. The number of amides is 2. The molecule has 158 valence electrons. The van der Waals surface area contributed by atoms with Crippen molar-refractivity contribution in [2.45, 2.75) is 39.0 Å². The van der Waals surface area contributed by atoms with Crippen LogP contribution in [-0.2, 0) is 19.1 Å². The maximum Gasteiger partial charge on any atom is 0.309 e. The number of rotatable bonds is 6. The molecule has 1 aromatic rings. The maximum absolute atomic E-state index is 12.7. The van der Waals surface area contributed by atoms with Crippen molar-refractivity contribution in [1.82, 2.24) is 5.32 Å². The van der Waals surface area contributed by atoms with Crippen molar-refractivity contribution in [2.75, 3.05) is 32.2 Å². The van der Waals surface area contributed by atoms with E-state index in [0.717, 1.165) is 31.2 Å². The van der Waals surface area contributed by atoms with Crippen LogP contribution in [0.5, 0.6) is 5.75 Å². The van der Waals surface area contributed by atoms with E-state index in [0.29, 0.717) is 24.5 Å². The van der Waals surface area contributed by atoms with E-state index in [4.69, 9.17) is 9.47 Å². The number of hydrogen-bond acceptors (Lipinski definition) is 5. The Morgan fingerprint density at radius 3 is 2.69 bits per heavy atom.